The molecule has 3 heteroatoms. The zero-order valence-electron chi connectivity index (χ0n) is 8.46. The zero-order chi connectivity index (χ0) is 9.68. The minimum absolute atomic E-state index is 0.318. The Hall–Kier alpha value is -0.570. The quantitative estimate of drug-likeness (QED) is 0.669. The minimum atomic E-state index is 0.318. The first-order valence-corrected chi connectivity index (χ1v) is 5.25. The van der Waals surface area contributed by atoms with Crippen molar-refractivity contribution in [3.63, 3.8) is 0 Å². The summed E-state index contributed by atoms with van der Waals surface area (Å²) in [4.78, 5) is 13.5. The highest BCUT2D eigenvalue weighted by Gasteiger charge is 2.26. The van der Waals surface area contributed by atoms with E-state index in [4.69, 9.17) is 5.73 Å². The van der Waals surface area contributed by atoms with Gasteiger partial charge in [0.2, 0.25) is 5.91 Å². The molecular weight excluding hydrogens is 164 g/mol. The maximum absolute atomic E-state index is 11.6. The Morgan fingerprint density at radius 3 is 2.69 bits per heavy atom. The summed E-state index contributed by atoms with van der Waals surface area (Å²) in [6.07, 6.45) is 4.18. The van der Waals surface area contributed by atoms with Gasteiger partial charge in [-0.1, -0.05) is 0 Å². The molecule has 1 amide bonds. The summed E-state index contributed by atoms with van der Waals surface area (Å²) in [5, 5.41) is 0. The number of carbonyl (C=O) groups is 1. The molecule has 0 radical (unpaired) electrons. The largest absolute Gasteiger partial charge is 0.343 e. The number of amides is 1. The Kier molecular flexibility index (Phi) is 4.22. The summed E-state index contributed by atoms with van der Waals surface area (Å²) in [6, 6.07) is 0. The summed E-state index contributed by atoms with van der Waals surface area (Å²) in [5.41, 5.74) is 5.41. The second-order valence-electron chi connectivity index (χ2n) is 3.76. The topological polar surface area (TPSA) is 46.3 Å². The van der Waals surface area contributed by atoms with E-state index in [9.17, 15) is 4.79 Å². The predicted molar refractivity (Wildman–Crippen MR) is 53.3 cm³/mol. The van der Waals surface area contributed by atoms with Crippen molar-refractivity contribution in [3.8, 4) is 0 Å². The average molecular weight is 184 g/mol. The molecule has 0 aromatic rings. The third kappa shape index (κ3) is 3.77. The minimum Gasteiger partial charge on any atom is -0.343 e. The van der Waals surface area contributed by atoms with Crippen LogP contribution in [0.5, 0.6) is 0 Å². The molecule has 3 nitrogen and oxygen atoms in total. The highest BCUT2D eigenvalue weighted by molar-refractivity contribution is 5.76. The molecule has 0 saturated heterocycles. The number of nitrogens with two attached hydrogens (primary N) is 1. The molecule has 1 rings (SSSR count). The maximum atomic E-state index is 11.6. The fraction of sp³-hybridized carbons (Fsp3) is 0.900. The van der Waals surface area contributed by atoms with Crippen molar-refractivity contribution in [1.82, 2.24) is 4.90 Å². The van der Waals surface area contributed by atoms with Crippen molar-refractivity contribution < 1.29 is 4.79 Å². The molecule has 0 atom stereocenters. The zero-order valence-corrected chi connectivity index (χ0v) is 8.46. The molecular formula is C10H20N2O. The van der Waals surface area contributed by atoms with Crippen LogP contribution in [0.1, 0.15) is 32.6 Å². The Morgan fingerprint density at radius 1 is 1.54 bits per heavy atom. The monoisotopic (exact) mass is 184 g/mol. The average Bonchev–Trinajstić information content (AvgIpc) is 2.90. The van der Waals surface area contributed by atoms with E-state index in [1.54, 1.807) is 0 Å². The van der Waals surface area contributed by atoms with E-state index in [2.05, 4.69) is 0 Å². The van der Waals surface area contributed by atoms with Crippen LogP contribution in [-0.2, 0) is 4.79 Å². The van der Waals surface area contributed by atoms with Crippen molar-refractivity contribution in [2.45, 2.75) is 32.6 Å². The van der Waals surface area contributed by atoms with Gasteiger partial charge < -0.3 is 10.6 Å². The molecule has 0 unspecified atom stereocenters. The van der Waals surface area contributed by atoms with E-state index in [0.29, 0.717) is 18.4 Å². The van der Waals surface area contributed by atoms with Crippen molar-refractivity contribution >= 4 is 5.91 Å². The van der Waals surface area contributed by atoms with Gasteiger partial charge in [0.1, 0.15) is 0 Å². The van der Waals surface area contributed by atoms with Gasteiger partial charge in [-0.2, -0.15) is 0 Å². The SMILES string of the molecule is CCN(CCCN)C(=O)CC1CC1. The molecule has 2 N–H and O–H groups in total. The van der Waals surface area contributed by atoms with Gasteiger partial charge >= 0.3 is 0 Å². The second-order valence-corrected chi connectivity index (χ2v) is 3.76. The first-order chi connectivity index (χ1) is 6.27. The van der Waals surface area contributed by atoms with Crippen LogP contribution in [0.4, 0.5) is 0 Å². The molecule has 1 aliphatic carbocycles. The molecule has 1 saturated carbocycles. The highest BCUT2D eigenvalue weighted by Crippen LogP contribution is 2.32. The first kappa shape index (κ1) is 10.5. The lowest BCUT2D eigenvalue weighted by atomic mass is 10.2. The molecule has 0 aromatic carbocycles. The van der Waals surface area contributed by atoms with Gasteiger partial charge in [-0.15, -0.1) is 0 Å². The van der Waals surface area contributed by atoms with E-state index in [-0.39, 0.29) is 0 Å². The lowest BCUT2D eigenvalue weighted by Gasteiger charge is -2.20. The van der Waals surface area contributed by atoms with Crippen molar-refractivity contribution in [2.75, 3.05) is 19.6 Å². The molecule has 13 heavy (non-hydrogen) atoms. The summed E-state index contributed by atoms with van der Waals surface area (Å²) in [6.45, 7) is 4.36. The van der Waals surface area contributed by atoms with Crippen LogP contribution in [0, 0.1) is 5.92 Å². The number of rotatable bonds is 6. The highest BCUT2D eigenvalue weighted by atomic mass is 16.2. The third-order valence-corrected chi connectivity index (χ3v) is 2.53. The molecule has 0 spiro atoms. The molecule has 0 bridgehead atoms. The van der Waals surface area contributed by atoms with Gasteiger partial charge in [-0.3, -0.25) is 4.79 Å². The van der Waals surface area contributed by atoms with E-state index in [0.717, 1.165) is 25.9 Å². The smallest absolute Gasteiger partial charge is 0.222 e. The van der Waals surface area contributed by atoms with Crippen LogP contribution in [-0.4, -0.2) is 30.4 Å². The predicted octanol–water partition coefficient (Wildman–Crippen LogP) is 0.984. The van der Waals surface area contributed by atoms with Crippen LogP contribution in [0.3, 0.4) is 0 Å². The van der Waals surface area contributed by atoms with Crippen molar-refractivity contribution in [1.29, 1.82) is 0 Å². The van der Waals surface area contributed by atoms with E-state index in [1.807, 2.05) is 11.8 Å². The normalized spacial score (nSPS) is 15.8. The van der Waals surface area contributed by atoms with Crippen LogP contribution in [0.15, 0.2) is 0 Å². The Morgan fingerprint density at radius 2 is 2.23 bits per heavy atom. The number of hydrogen-bond donors (Lipinski definition) is 1. The van der Waals surface area contributed by atoms with E-state index in [1.165, 1.54) is 12.8 Å². The molecule has 0 heterocycles. The third-order valence-electron chi connectivity index (χ3n) is 2.53. The molecule has 1 aliphatic rings. The van der Waals surface area contributed by atoms with Gasteiger partial charge in [0.25, 0.3) is 0 Å². The lowest BCUT2D eigenvalue weighted by molar-refractivity contribution is -0.131. The standard InChI is InChI=1S/C10H20N2O/c1-2-12(7-3-6-11)10(13)8-9-4-5-9/h9H,2-8,11H2,1H3. The van der Waals surface area contributed by atoms with Gasteiger partial charge in [0.15, 0.2) is 0 Å². The summed E-state index contributed by atoms with van der Waals surface area (Å²) in [5.74, 6) is 1.01. The van der Waals surface area contributed by atoms with Crippen LogP contribution < -0.4 is 5.73 Å². The Balaban J connectivity index is 2.21. The summed E-state index contributed by atoms with van der Waals surface area (Å²) < 4.78 is 0. The first-order valence-electron chi connectivity index (χ1n) is 5.25. The van der Waals surface area contributed by atoms with Gasteiger partial charge in [-0.05, 0) is 38.6 Å². The molecule has 1 fully saturated rings. The maximum Gasteiger partial charge on any atom is 0.222 e. The summed E-state index contributed by atoms with van der Waals surface area (Å²) >= 11 is 0. The summed E-state index contributed by atoms with van der Waals surface area (Å²) in [7, 11) is 0. The fourth-order valence-corrected chi connectivity index (χ4v) is 1.44. The van der Waals surface area contributed by atoms with E-state index >= 15 is 0 Å². The van der Waals surface area contributed by atoms with E-state index < -0.39 is 0 Å². The van der Waals surface area contributed by atoms with Crippen molar-refractivity contribution in [3.05, 3.63) is 0 Å². The molecule has 76 valence electrons. The second kappa shape index (κ2) is 5.22. The Bertz CT molecular complexity index is 166. The van der Waals surface area contributed by atoms with Gasteiger partial charge in [0.05, 0.1) is 0 Å². The molecule has 0 aliphatic heterocycles. The molecule has 0 aromatic heterocycles. The van der Waals surface area contributed by atoms with Crippen LogP contribution >= 0.6 is 0 Å². The Labute approximate surface area is 80.3 Å². The number of nitrogens with zero attached hydrogens (tertiary/aromatic N) is 1. The van der Waals surface area contributed by atoms with Crippen LogP contribution in [0.2, 0.25) is 0 Å². The fourth-order valence-electron chi connectivity index (χ4n) is 1.44. The number of carbonyl (C=O) groups excluding carboxylic acids is 1. The van der Waals surface area contributed by atoms with Crippen molar-refractivity contribution in [2.24, 2.45) is 11.7 Å². The lowest BCUT2D eigenvalue weighted by Crippen LogP contribution is -2.32. The van der Waals surface area contributed by atoms with Crippen LogP contribution in [0.25, 0.3) is 0 Å². The number of hydrogen-bond acceptors (Lipinski definition) is 2. The van der Waals surface area contributed by atoms with Gasteiger partial charge in [0, 0.05) is 19.5 Å². The van der Waals surface area contributed by atoms with Gasteiger partial charge in [-0.25, -0.2) is 0 Å².